The number of ether oxygens (including phenoxy) is 2. The molecule has 0 spiro atoms. The van der Waals surface area contributed by atoms with E-state index in [9.17, 15) is 4.79 Å². The maximum Gasteiger partial charge on any atom is 0.321 e. The van der Waals surface area contributed by atoms with E-state index in [1.807, 2.05) is 12.1 Å². The number of anilines is 2. The molecule has 0 radical (unpaired) electrons. The highest BCUT2D eigenvalue weighted by atomic mass is 16.5. The predicted molar refractivity (Wildman–Crippen MR) is 129 cm³/mol. The van der Waals surface area contributed by atoms with E-state index in [4.69, 9.17) is 9.47 Å². The number of amides is 2. The Balaban J connectivity index is 1.33. The van der Waals surface area contributed by atoms with Gasteiger partial charge in [-0.15, -0.1) is 10.2 Å². The number of rotatable bonds is 6. The summed E-state index contributed by atoms with van der Waals surface area (Å²) in [5.74, 6) is 2.02. The molecular formula is C25H29N5O3. The van der Waals surface area contributed by atoms with Crippen molar-refractivity contribution in [2.24, 2.45) is 0 Å². The van der Waals surface area contributed by atoms with Crippen LogP contribution in [-0.2, 0) is 6.42 Å². The van der Waals surface area contributed by atoms with Crippen LogP contribution in [0.5, 0.6) is 11.5 Å². The largest absolute Gasteiger partial charge is 0.493 e. The van der Waals surface area contributed by atoms with Gasteiger partial charge in [0, 0.05) is 43.5 Å². The molecule has 1 saturated heterocycles. The van der Waals surface area contributed by atoms with Gasteiger partial charge in [-0.05, 0) is 36.2 Å². The number of aromatic nitrogens is 2. The number of hydrogen-bond donors (Lipinski definition) is 1. The number of benzene rings is 2. The zero-order valence-corrected chi connectivity index (χ0v) is 19.2. The third-order valence-corrected chi connectivity index (χ3v) is 5.83. The molecule has 1 aliphatic rings. The van der Waals surface area contributed by atoms with Gasteiger partial charge in [-0.2, -0.15) is 0 Å². The van der Waals surface area contributed by atoms with E-state index < -0.39 is 0 Å². The molecule has 0 aliphatic carbocycles. The zero-order valence-electron chi connectivity index (χ0n) is 19.2. The van der Waals surface area contributed by atoms with Crippen LogP contribution in [0.15, 0.2) is 54.6 Å². The van der Waals surface area contributed by atoms with E-state index >= 15 is 0 Å². The molecule has 0 atom stereocenters. The second-order valence-electron chi connectivity index (χ2n) is 7.80. The number of piperazine rings is 1. The Labute approximate surface area is 194 Å². The Kier molecular flexibility index (Phi) is 6.92. The number of carbonyl (C=O) groups excluding carboxylic acids is 1. The minimum absolute atomic E-state index is 0.140. The van der Waals surface area contributed by atoms with Crippen LogP contribution in [0.2, 0.25) is 0 Å². The fourth-order valence-electron chi connectivity index (χ4n) is 3.81. The number of nitrogens with one attached hydrogen (secondary N) is 1. The van der Waals surface area contributed by atoms with Crippen LogP contribution >= 0.6 is 0 Å². The van der Waals surface area contributed by atoms with Crippen molar-refractivity contribution in [3.63, 3.8) is 0 Å². The third kappa shape index (κ3) is 5.16. The van der Waals surface area contributed by atoms with Gasteiger partial charge in [0.15, 0.2) is 17.3 Å². The lowest BCUT2D eigenvalue weighted by atomic mass is 10.1. The highest BCUT2D eigenvalue weighted by molar-refractivity contribution is 5.90. The summed E-state index contributed by atoms with van der Waals surface area (Å²) in [6, 6.07) is 17.6. The topological polar surface area (TPSA) is 79.8 Å². The zero-order chi connectivity index (χ0) is 23.2. The van der Waals surface area contributed by atoms with Crippen molar-refractivity contribution in [2.45, 2.75) is 13.3 Å². The maximum atomic E-state index is 12.7. The van der Waals surface area contributed by atoms with Gasteiger partial charge in [0.25, 0.3) is 0 Å². The fraction of sp³-hybridized carbons (Fsp3) is 0.320. The smallest absolute Gasteiger partial charge is 0.321 e. The molecule has 3 aromatic rings. The number of nitrogens with zero attached hydrogens (tertiary/aromatic N) is 4. The average Bonchev–Trinajstić information content (AvgIpc) is 2.89. The molecular weight excluding hydrogens is 418 g/mol. The standard InChI is InChI=1S/C25H29N5O3/c1-4-18-5-7-19(8-6-18)21-10-12-24(28-27-21)29-13-15-30(16-14-29)25(31)26-20-9-11-22(32-2)23(17-20)33-3/h5-12,17H,4,13-16H2,1-3H3,(H,26,31). The van der Waals surface area contributed by atoms with Crippen molar-refractivity contribution in [1.82, 2.24) is 15.1 Å². The first-order valence-electron chi connectivity index (χ1n) is 11.1. The van der Waals surface area contributed by atoms with Gasteiger partial charge in [0.1, 0.15) is 0 Å². The van der Waals surface area contributed by atoms with Crippen LogP contribution in [0.25, 0.3) is 11.3 Å². The van der Waals surface area contributed by atoms with Gasteiger partial charge in [-0.3, -0.25) is 0 Å². The van der Waals surface area contributed by atoms with E-state index in [-0.39, 0.29) is 6.03 Å². The molecule has 2 aromatic carbocycles. The van der Waals surface area contributed by atoms with E-state index in [0.29, 0.717) is 43.4 Å². The van der Waals surface area contributed by atoms with Gasteiger partial charge in [0.2, 0.25) is 0 Å². The Hall–Kier alpha value is -3.81. The van der Waals surface area contributed by atoms with Crippen molar-refractivity contribution in [2.75, 3.05) is 50.6 Å². The van der Waals surface area contributed by atoms with Gasteiger partial charge in [-0.25, -0.2) is 4.79 Å². The normalized spacial score (nSPS) is 13.5. The number of aryl methyl sites for hydroxylation is 1. The minimum Gasteiger partial charge on any atom is -0.493 e. The second kappa shape index (κ2) is 10.2. The number of methoxy groups -OCH3 is 2. The monoisotopic (exact) mass is 447 g/mol. The van der Waals surface area contributed by atoms with E-state index in [2.05, 4.69) is 51.6 Å². The van der Waals surface area contributed by atoms with Crippen LogP contribution < -0.4 is 19.7 Å². The summed E-state index contributed by atoms with van der Waals surface area (Å²) in [5, 5.41) is 11.8. The van der Waals surface area contributed by atoms with E-state index in [1.165, 1.54) is 5.56 Å². The highest BCUT2D eigenvalue weighted by Crippen LogP contribution is 2.30. The number of carbonyl (C=O) groups is 1. The Morgan fingerprint density at radius 2 is 1.64 bits per heavy atom. The molecule has 1 N–H and O–H groups in total. The molecule has 1 aromatic heterocycles. The molecule has 0 bridgehead atoms. The Morgan fingerprint density at radius 1 is 0.909 bits per heavy atom. The van der Waals surface area contributed by atoms with Crippen LogP contribution in [-0.4, -0.2) is 61.5 Å². The first-order valence-corrected chi connectivity index (χ1v) is 11.1. The fourth-order valence-corrected chi connectivity index (χ4v) is 3.81. The van der Waals surface area contributed by atoms with Crippen LogP contribution in [0, 0.1) is 0 Å². The van der Waals surface area contributed by atoms with Crippen molar-refractivity contribution >= 4 is 17.5 Å². The quantitative estimate of drug-likeness (QED) is 0.613. The molecule has 0 unspecified atom stereocenters. The minimum atomic E-state index is -0.140. The summed E-state index contributed by atoms with van der Waals surface area (Å²) in [7, 11) is 3.15. The summed E-state index contributed by atoms with van der Waals surface area (Å²) < 4.78 is 10.5. The Bertz CT molecular complexity index is 1080. The SMILES string of the molecule is CCc1ccc(-c2ccc(N3CCN(C(=O)Nc4ccc(OC)c(OC)c4)CC3)nn2)cc1. The van der Waals surface area contributed by atoms with Crippen molar-refractivity contribution in [1.29, 1.82) is 0 Å². The summed E-state index contributed by atoms with van der Waals surface area (Å²) in [6.07, 6.45) is 1.02. The molecule has 0 saturated carbocycles. The summed E-state index contributed by atoms with van der Waals surface area (Å²) in [4.78, 5) is 16.7. The summed E-state index contributed by atoms with van der Waals surface area (Å²) in [5.41, 5.74) is 3.88. The third-order valence-electron chi connectivity index (χ3n) is 5.83. The van der Waals surface area contributed by atoms with Crippen LogP contribution in [0.4, 0.5) is 16.3 Å². The second-order valence-corrected chi connectivity index (χ2v) is 7.80. The first kappa shape index (κ1) is 22.4. The average molecular weight is 448 g/mol. The lowest BCUT2D eigenvalue weighted by molar-refractivity contribution is 0.208. The molecule has 2 amide bonds. The molecule has 1 aliphatic heterocycles. The van der Waals surface area contributed by atoms with Crippen molar-refractivity contribution in [3.8, 4) is 22.8 Å². The molecule has 2 heterocycles. The van der Waals surface area contributed by atoms with Gasteiger partial charge >= 0.3 is 6.03 Å². The van der Waals surface area contributed by atoms with E-state index in [1.54, 1.807) is 37.3 Å². The molecule has 4 rings (SSSR count). The number of hydrogen-bond acceptors (Lipinski definition) is 6. The molecule has 8 heteroatoms. The first-order chi connectivity index (χ1) is 16.1. The van der Waals surface area contributed by atoms with E-state index in [0.717, 1.165) is 23.5 Å². The van der Waals surface area contributed by atoms with Crippen LogP contribution in [0.3, 0.4) is 0 Å². The number of urea groups is 1. The lowest BCUT2D eigenvalue weighted by Crippen LogP contribution is -2.50. The predicted octanol–water partition coefficient (Wildman–Crippen LogP) is 4.08. The van der Waals surface area contributed by atoms with Crippen molar-refractivity contribution in [3.05, 3.63) is 60.2 Å². The highest BCUT2D eigenvalue weighted by Gasteiger charge is 2.22. The molecule has 172 valence electrons. The van der Waals surface area contributed by atoms with Crippen molar-refractivity contribution < 1.29 is 14.3 Å². The maximum absolute atomic E-state index is 12.7. The van der Waals surface area contributed by atoms with Gasteiger partial charge < -0.3 is 24.6 Å². The molecule has 8 nitrogen and oxygen atoms in total. The lowest BCUT2D eigenvalue weighted by Gasteiger charge is -2.35. The van der Waals surface area contributed by atoms with Gasteiger partial charge in [0.05, 0.1) is 19.9 Å². The summed E-state index contributed by atoms with van der Waals surface area (Å²) in [6.45, 7) is 4.72. The summed E-state index contributed by atoms with van der Waals surface area (Å²) >= 11 is 0. The Morgan fingerprint density at radius 3 is 2.24 bits per heavy atom. The molecule has 33 heavy (non-hydrogen) atoms. The molecule has 1 fully saturated rings. The van der Waals surface area contributed by atoms with Gasteiger partial charge in [-0.1, -0.05) is 31.2 Å². The van der Waals surface area contributed by atoms with Crippen LogP contribution in [0.1, 0.15) is 12.5 Å².